The van der Waals surface area contributed by atoms with Crippen LogP contribution in [0.4, 0.5) is 0 Å². The molecule has 0 aromatic heterocycles. The molecule has 0 saturated carbocycles. The molecule has 0 unspecified atom stereocenters. The standard InChI is InChI=1S/C20H18O4/c1-23-19-11-15(6-8-17(19)21)13-4-3-5-14(10-13)16-7-9-18(22)20(12-16)24-2/h3-12,21-22H,1-2H3. The van der Waals surface area contributed by atoms with E-state index in [9.17, 15) is 10.2 Å². The molecule has 4 nitrogen and oxygen atoms in total. The van der Waals surface area contributed by atoms with Crippen molar-refractivity contribution < 1.29 is 19.7 Å². The van der Waals surface area contributed by atoms with Gasteiger partial charge in [-0.3, -0.25) is 0 Å². The molecule has 0 heterocycles. The largest absolute Gasteiger partial charge is 0.504 e. The maximum absolute atomic E-state index is 9.74. The third kappa shape index (κ3) is 2.99. The van der Waals surface area contributed by atoms with Gasteiger partial charge in [-0.1, -0.05) is 30.3 Å². The van der Waals surface area contributed by atoms with E-state index in [2.05, 4.69) is 0 Å². The molecule has 0 fully saturated rings. The Morgan fingerprint density at radius 2 is 1.00 bits per heavy atom. The molecule has 3 aromatic rings. The Labute approximate surface area is 140 Å². The van der Waals surface area contributed by atoms with E-state index < -0.39 is 0 Å². The Kier molecular flexibility index (Phi) is 4.29. The predicted molar refractivity (Wildman–Crippen MR) is 93.7 cm³/mol. The second-order valence-corrected chi connectivity index (χ2v) is 5.35. The summed E-state index contributed by atoms with van der Waals surface area (Å²) in [7, 11) is 3.05. The van der Waals surface area contributed by atoms with Gasteiger partial charge in [-0.15, -0.1) is 0 Å². The summed E-state index contributed by atoms with van der Waals surface area (Å²) in [4.78, 5) is 0. The highest BCUT2D eigenvalue weighted by Gasteiger charge is 2.08. The van der Waals surface area contributed by atoms with E-state index in [0.29, 0.717) is 11.5 Å². The van der Waals surface area contributed by atoms with Gasteiger partial charge in [-0.25, -0.2) is 0 Å². The van der Waals surface area contributed by atoms with Gasteiger partial charge in [0, 0.05) is 0 Å². The zero-order valence-electron chi connectivity index (χ0n) is 13.5. The molecule has 3 aromatic carbocycles. The van der Waals surface area contributed by atoms with Crippen molar-refractivity contribution in [2.24, 2.45) is 0 Å². The first-order valence-corrected chi connectivity index (χ1v) is 7.47. The minimum atomic E-state index is 0.112. The van der Waals surface area contributed by atoms with Crippen LogP contribution < -0.4 is 9.47 Å². The first-order chi connectivity index (χ1) is 11.6. The van der Waals surface area contributed by atoms with E-state index >= 15 is 0 Å². The summed E-state index contributed by atoms with van der Waals surface area (Å²) >= 11 is 0. The summed E-state index contributed by atoms with van der Waals surface area (Å²) in [6.45, 7) is 0. The van der Waals surface area contributed by atoms with E-state index in [0.717, 1.165) is 22.3 Å². The van der Waals surface area contributed by atoms with E-state index in [1.54, 1.807) is 24.3 Å². The lowest BCUT2D eigenvalue weighted by Crippen LogP contribution is -1.87. The third-order valence-corrected chi connectivity index (χ3v) is 3.89. The lowest BCUT2D eigenvalue weighted by molar-refractivity contribution is 0.373. The number of aromatic hydroxyl groups is 2. The summed E-state index contributed by atoms with van der Waals surface area (Å²) in [5, 5.41) is 19.5. The van der Waals surface area contributed by atoms with E-state index in [1.165, 1.54) is 14.2 Å². The molecular weight excluding hydrogens is 304 g/mol. The molecule has 0 radical (unpaired) electrons. The summed E-state index contributed by atoms with van der Waals surface area (Å²) < 4.78 is 10.3. The summed E-state index contributed by atoms with van der Waals surface area (Å²) in [5.41, 5.74) is 3.88. The number of phenols is 2. The molecule has 0 spiro atoms. The van der Waals surface area contributed by atoms with Crippen LogP contribution in [0.25, 0.3) is 22.3 Å². The van der Waals surface area contributed by atoms with E-state index in [4.69, 9.17) is 9.47 Å². The van der Waals surface area contributed by atoms with Gasteiger partial charge in [0.1, 0.15) is 0 Å². The Hall–Kier alpha value is -3.14. The van der Waals surface area contributed by atoms with Crippen molar-refractivity contribution in [1.29, 1.82) is 0 Å². The molecule has 0 amide bonds. The van der Waals surface area contributed by atoms with Crippen molar-refractivity contribution in [3.63, 3.8) is 0 Å². The zero-order chi connectivity index (χ0) is 17.1. The molecule has 122 valence electrons. The number of hydrogen-bond acceptors (Lipinski definition) is 4. The first kappa shape index (κ1) is 15.7. The van der Waals surface area contributed by atoms with Crippen LogP contribution >= 0.6 is 0 Å². The Morgan fingerprint density at radius 1 is 0.583 bits per heavy atom. The fraction of sp³-hybridized carbons (Fsp3) is 0.100. The topological polar surface area (TPSA) is 58.9 Å². The fourth-order valence-electron chi connectivity index (χ4n) is 2.59. The van der Waals surface area contributed by atoms with Crippen LogP contribution in [0, 0.1) is 0 Å². The van der Waals surface area contributed by atoms with Crippen molar-refractivity contribution in [3.8, 4) is 45.3 Å². The smallest absolute Gasteiger partial charge is 0.161 e. The molecule has 2 N–H and O–H groups in total. The van der Waals surface area contributed by atoms with E-state index in [1.807, 2.05) is 36.4 Å². The summed E-state index contributed by atoms with van der Waals surface area (Å²) in [6.07, 6.45) is 0. The number of hydrogen-bond donors (Lipinski definition) is 2. The van der Waals surface area contributed by atoms with Crippen LogP contribution in [0.1, 0.15) is 0 Å². The Bertz CT molecular complexity index is 803. The molecule has 4 heteroatoms. The number of phenolic OH excluding ortho intramolecular Hbond substituents is 2. The molecule has 0 aliphatic rings. The summed E-state index contributed by atoms with van der Waals surface area (Å²) in [5.74, 6) is 1.09. The minimum absolute atomic E-state index is 0.112. The van der Waals surface area contributed by atoms with Gasteiger partial charge in [0.05, 0.1) is 14.2 Å². The summed E-state index contributed by atoms with van der Waals surface area (Å²) in [6, 6.07) is 18.5. The second kappa shape index (κ2) is 6.54. The van der Waals surface area contributed by atoms with Crippen molar-refractivity contribution in [2.45, 2.75) is 0 Å². The fourth-order valence-corrected chi connectivity index (χ4v) is 2.59. The van der Waals surface area contributed by atoms with Gasteiger partial charge in [-0.2, -0.15) is 0 Å². The third-order valence-electron chi connectivity index (χ3n) is 3.89. The highest BCUT2D eigenvalue weighted by atomic mass is 16.5. The second-order valence-electron chi connectivity index (χ2n) is 5.35. The molecule has 0 saturated heterocycles. The molecule has 0 bridgehead atoms. The monoisotopic (exact) mass is 322 g/mol. The van der Waals surface area contributed by atoms with Gasteiger partial charge in [0.15, 0.2) is 23.0 Å². The maximum Gasteiger partial charge on any atom is 0.161 e. The van der Waals surface area contributed by atoms with Crippen molar-refractivity contribution in [1.82, 2.24) is 0 Å². The van der Waals surface area contributed by atoms with Crippen LogP contribution in [0.3, 0.4) is 0 Å². The normalized spacial score (nSPS) is 10.4. The van der Waals surface area contributed by atoms with Crippen LogP contribution in [0.5, 0.6) is 23.0 Å². The zero-order valence-corrected chi connectivity index (χ0v) is 13.5. The highest BCUT2D eigenvalue weighted by Crippen LogP contribution is 2.35. The first-order valence-electron chi connectivity index (χ1n) is 7.47. The molecular formula is C20H18O4. The predicted octanol–water partition coefficient (Wildman–Crippen LogP) is 4.45. The minimum Gasteiger partial charge on any atom is -0.504 e. The Balaban J connectivity index is 2.03. The van der Waals surface area contributed by atoms with Gasteiger partial charge in [0.2, 0.25) is 0 Å². The SMILES string of the molecule is COc1cc(-c2cccc(-c3ccc(O)c(OC)c3)c2)ccc1O. The van der Waals surface area contributed by atoms with Crippen molar-refractivity contribution >= 4 is 0 Å². The number of benzene rings is 3. The highest BCUT2D eigenvalue weighted by molar-refractivity contribution is 5.75. The molecule has 24 heavy (non-hydrogen) atoms. The van der Waals surface area contributed by atoms with Crippen LogP contribution in [0.2, 0.25) is 0 Å². The van der Waals surface area contributed by atoms with Gasteiger partial charge in [0.25, 0.3) is 0 Å². The molecule has 0 aliphatic heterocycles. The van der Waals surface area contributed by atoms with Crippen molar-refractivity contribution in [2.75, 3.05) is 14.2 Å². The number of methoxy groups -OCH3 is 2. The van der Waals surface area contributed by atoms with Gasteiger partial charge >= 0.3 is 0 Å². The quantitative estimate of drug-likeness (QED) is 0.745. The Morgan fingerprint density at radius 3 is 1.42 bits per heavy atom. The van der Waals surface area contributed by atoms with Crippen LogP contribution in [-0.2, 0) is 0 Å². The van der Waals surface area contributed by atoms with Crippen LogP contribution in [0.15, 0.2) is 60.7 Å². The number of ether oxygens (including phenoxy) is 2. The molecule has 0 atom stereocenters. The van der Waals surface area contributed by atoms with E-state index in [-0.39, 0.29) is 11.5 Å². The van der Waals surface area contributed by atoms with Gasteiger partial charge in [-0.05, 0) is 52.6 Å². The average molecular weight is 322 g/mol. The van der Waals surface area contributed by atoms with Crippen molar-refractivity contribution in [3.05, 3.63) is 60.7 Å². The lowest BCUT2D eigenvalue weighted by atomic mass is 9.98. The van der Waals surface area contributed by atoms with Crippen LogP contribution in [-0.4, -0.2) is 24.4 Å². The lowest BCUT2D eigenvalue weighted by Gasteiger charge is -2.10. The maximum atomic E-state index is 9.74. The number of rotatable bonds is 4. The average Bonchev–Trinajstić information content (AvgIpc) is 2.62. The molecule has 3 rings (SSSR count). The molecule has 0 aliphatic carbocycles. The van der Waals surface area contributed by atoms with Gasteiger partial charge < -0.3 is 19.7 Å².